The summed E-state index contributed by atoms with van der Waals surface area (Å²) < 4.78 is 13.0. The van der Waals surface area contributed by atoms with E-state index in [1.165, 1.54) is 12.1 Å². The van der Waals surface area contributed by atoms with E-state index in [0.29, 0.717) is 25.4 Å². The molecule has 1 heterocycles. The Bertz CT molecular complexity index is 597. The minimum Gasteiger partial charge on any atom is -0.481 e. The first-order chi connectivity index (χ1) is 11.0. The van der Waals surface area contributed by atoms with Gasteiger partial charge in [0.1, 0.15) is 5.82 Å². The average Bonchev–Trinajstić information content (AvgIpc) is 3.25. The third kappa shape index (κ3) is 3.54. The van der Waals surface area contributed by atoms with E-state index < -0.39 is 11.9 Å². The minimum atomic E-state index is -0.788. The lowest BCUT2D eigenvalue weighted by molar-refractivity contribution is -0.142. The Kier molecular flexibility index (Phi) is 4.37. The van der Waals surface area contributed by atoms with Gasteiger partial charge in [-0.2, -0.15) is 0 Å². The van der Waals surface area contributed by atoms with Crippen LogP contribution >= 0.6 is 0 Å². The van der Waals surface area contributed by atoms with Crippen LogP contribution in [0.1, 0.15) is 37.7 Å². The summed E-state index contributed by atoms with van der Waals surface area (Å²) >= 11 is 0. The second-order valence-corrected chi connectivity index (χ2v) is 6.90. The molecule has 1 saturated carbocycles. The third-order valence-corrected chi connectivity index (χ3v) is 5.18. The summed E-state index contributed by atoms with van der Waals surface area (Å²) in [5.41, 5.74) is 0.924. The number of carboxylic acid groups (broad SMARTS) is 1. The molecule has 2 aliphatic rings. The van der Waals surface area contributed by atoms with Crippen molar-refractivity contribution in [3.63, 3.8) is 0 Å². The molecule has 1 unspecified atom stereocenters. The fraction of sp³-hybridized carbons (Fsp3) is 0.556. The zero-order valence-electron chi connectivity index (χ0n) is 13.2. The monoisotopic (exact) mass is 319 g/mol. The minimum absolute atomic E-state index is 0.00350. The highest BCUT2D eigenvalue weighted by molar-refractivity contribution is 5.79. The molecule has 1 aromatic carbocycles. The van der Waals surface area contributed by atoms with E-state index in [4.69, 9.17) is 0 Å². The molecular formula is C18H22FNO3. The van der Waals surface area contributed by atoms with Crippen molar-refractivity contribution >= 4 is 11.9 Å². The van der Waals surface area contributed by atoms with Crippen molar-refractivity contribution in [3.05, 3.63) is 35.6 Å². The molecule has 1 aromatic rings. The van der Waals surface area contributed by atoms with Crippen molar-refractivity contribution in [3.8, 4) is 0 Å². The molecule has 1 saturated heterocycles. The highest BCUT2D eigenvalue weighted by atomic mass is 19.1. The topological polar surface area (TPSA) is 57.6 Å². The number of carboxylic acids is 1. The third-order valence-electron chi connectivity index (χ3n) is 5.18. The molecule has 23 heavy (non-hydrogen) atoms. The number of nitrogens with zero attached hydrogens (tertiary/aromatic N) is 1. The van der Waals surface area contributed by atoms with Crippen LogP contribution in [0.3, 0.4) is 0 Å². The van der Waals surface area contributed by atoms with Crippen LogP contribution in [0.2, 0.25) is 0 Å². The Morgan fingerprint density at radius 3 is 2.48 bits per heavy atom. The standard InChI is InChI=1S/C18H22FNO3/c1-11(12-4-6-14(19)7-5-12)8-17(21)20-9-15(13-2-3-13)16(10-20)18(22)23/h4-7,11,13,15-16H,2-3,8-10H2,1H3,(H,22,23)/t11?,15-,16+/m1/s1. The van der Waals surface area contributed by atoms with Crippen molar-refractivity contribution < 1.29 is 19.1 Å². The van der Waals surface area contributed by atoms with E-state index in [2.05, 4.69) is 0 Å². The Balaban J connectivity index is 1.62. The maximum absolute atomic E-state index is 13.0. The molecule has 1 amide bonds. The normalized spacial score (nSPS) is 25.4. The van der Waals surface area contributed by atoms with E-state index in [1.807, 2.05) is 6.92 Å². The lowest BCUT2D eigenvalue weighted by atomic mass is 9.92. The second-order valence-electron chi connectivity index (χ2n) is 6.90. The number of hydrogen-bond donors (Lipinski definition) is 1. The molecule has 3 rings (SSSR count). The second kappa shape index (κ2) is 6.30. The Morgan fingerprint density at radius 1 is 1.26 bits per heavy atom. The van der Waals surface area contributed by atoms with Gasteiger partial charge in [-0.1, -0.05) is 19.1 Å². The first-order valence-electron chi connectivity index (χ1n) is 8.21. The number of hydrogen-bond acceptors (Lipinski definition) is 2. The maximum atomic E-state index is 13.0. The Morgan fingerprint density at radius 2 is 1.91 bits per heavy atom. The summed E-state index contributed by atoms with van der Waals surface area (Å²) in [6.07, 6.45) is 2.50. The lowest BCUT2D eigenvalue weighted by Crippen LogP contribution is -2.30. The van der Waals surface area contributed by atoms with Gasteiger partial charge in [-0.15, -0.1) is 0 Å². The van der Waals surface area contributed by atoms with E-state index in [9.17, 15) is 19.1 Å². The van der Waals surface area contributed by atoms with E-state index >= 15 is 0 Å². The molecule has 4 nitrogen and oxygen atoms in total. The molecule has 0 spiro atoms. The number of carbonyl (C=O) groups excluding carboxylic acids is 1. The van der Waals surface area contributed by atoms with Crippen LogP contribution in [0.4, 0.5) is 4.39 Å². The van der Waals surface area contributed by atoms with Gasteiger partial charge in [-0.25, -0.2) is 4.39 Å². The Hall–Kier alpha value is -1.91. The van der Waals surface area contributed by atoms with Gasteiger partial charge in [0.15, 0.2) is 0 Å². The molecule has 0 bridgehead atoms. The van der Waals surface area contributed by atoms with Gasteiger partial charge in [0.2, 0.25) is 5.91 Å². The predicted molar refractivity (Wildman–Crippen MR) is 83.4 cm³/mol. The number of rotatable bonds is 5. The van der Waals surface area contributed by atoms with Gasteiger partial charge >= 0.3 is 5.97 Å². The summed E-state index contributed by atoms with van der Waals surface area (Å²) in [5.74, 6) is -0.927. The molecule has 0 aromatic heterocycles. The van der Waals surface area contributed by atoms with Crippen molar-refractivity contribution in [1.82, 2.24) is 4.90 Å². The van der Waals surface area contributed by atoms with Gasteiger partial charge in [0, 0.05) is 19.5 Å². The Labute approximate surface area is 135 Å². The molecule has 1 aliphatic heterocycles. The maximum Gasteiger partial charge on any atom is 0.308 e. The van der Waals surface area contributed by atoms with Crippen LogP contribution in [0.25, 0.3) is 0 Å². The van der Waals surface area contributed by atoms with Gasteiger partial charge in [-0.3, -0.25) is 9.59 Å². The van der Waals surface area contributed by atoms with Crippen LogP contribution in [0.5, 0.6) is 0 Å². The molecule has 124 valence electrons. The number of benzene rings is 1. The lowest BCUT2D eigenvalue weighted by Gasteiger charge is -2.19. The van der Waals surface area contributed by atoms with Crippen LogP contribution in [-0.4, -0.2) is 35.0 Å². The summed E-state index contributed by atoms with van der Waals surface area (Å²) in [5, 5.41) is 9.37. The zero-order valence-corrected chi connectivity index (χ0v) is 13.2. The summed E-state index contributed by atoms with van der Waals surface area (Å²) in [6, 6.07) is 6.19. The summed E-state index contributed by atoms with van der Waals surface area (Å²) in [6.45, 7) is 2.83. The van der Waals surface area contributed by atoms with E-state index in [0.717, 1.165) is 18.4 Å². The molecular weight excluding hydrogens is 297 g/mol. The van der Waals surface area contributed by atoms with E-state index in [-0.39, 0.29) is 23.6 Å². The van der Waals surface area contributed by atoms with Gasteiger partial charge in [0.05, 0.1) is 5.92 Å². The molecule has 1 aliphatic carbocycles. The van der Waals surface area contributed by atoms with Gasteiger partial charge in [-0.05, 0) is 48.3 Å². The largest absolute Gasteiger partial charge is 0.481 e. The van der Waals surface area contributed by atoms with Crippen LogP contribution in [0, 0.1) is 23.6 Å². The molecule has 5 heteroatoms. The zero-order chi connectivity index (χ0) is 16.6. The van der Waals surface area contributed by atoms with Gasteiger partial charge < -0.3 is 10.0 Å². The fourth-order valence-corrected chi connectivity index (χ4v) is 3.60. The number of likely N-dealkylation sites (tertiary alicyclic amines) is 1. The molecule has 0 radical (unpaired) electrons. The molecule has 3 atom stereocenters. The van der Waals surface area contributed by atoms with Gasteiger partial charge in [0.25, 0.3) is 0 Å². The van der Waals surface area contributed by atoms with Crippen molar-refractivity contribution in [1.29, 1.82) is 0 Å². The van der Waals surface area contributed by atoms with Crippen LogP contribution in [0.15, 0.2) is 24.3 Å². The number of carbonyl (C=O) groups is 2. The molecule has 2 fully saturated rings. The smallest absolute Gasteiger partial charge is 0.308 e. The number of halogens is 1. The highest BCUT2D eigenvalue weighted by Gasteiger charge is 2.46. The van der Waals surface area contributed by atoms with Crippen LogP contribution < -0.4 is 0 Å². The highest BCUT2D eigenvalue weighted by Crippen LogP contribution is 2.44. The quantitative estimate of drug-likeness (QED) is 0.908. The molecule has 1 N–H and O–H groups in total. The fourth-order valence-electron chi connectivity index (χ4n) is 3.60. The first-order valence-corrected chi connectivity index (χ1v) is 8.21. The first kappa shape index (κ1) is 16.0. The average molecular weight is 319 g/mol. The number of amides is 1. The summed E-state index contributed by atoms with van der Waals surface area (Å²) in [7, 11) is 0. The predicted octanol–water partition coefficient (Wildman–Crippen LogP) is 2.89. The van der Waals surface area contributed by atoms with Crippen molar-refractivity contribution in [2.75, 3.05) is 13.1 Å². The van der Waals surface area contributed by atoms with Crippen molar-refractivity contribution in [2.24, 2.45) is 17.8 Å². The summed E-state index contributed by atoms with van der Waals surface area (Å²) in [4.78, 5) is 25.6. The SMILES string of the molecule is CC(CC(=O)N1C[C@H](C(=O)O)[C@@H](C2CC2)C1)c1ccc(F)cc1. The number of aliphatic carboxylic acids is 1. The van der Waals surface area contributed by atoms with Crippen molar-refractivity contribution in [2.45, 2.75) is 32.1 Å². The van der Waals surface area contributed by atoms with E-state index in [1.54, 1.807) is 17.0 Å². The van der Waals surface area contributed by atoms with Crippen LogP contribution in [-0.2, 0) is 9.59 Å².